The Bertz CT molecular complexity index is 867. The van der Waals surface area contributed by atoms with Crippen LogP contribution in [0.5, 0.6) is 0 Å². The van der Waals surface area contributed by atoms with E-state index in [1.807, 2.05) is 30.9 Å². The van der Waals surface area contributed by atoms with E-state index in [0.29, 0.717) is 46.6 Å². The first kappa shape index (κ1) is 25.3. The molecule has 3 N–H and O–H groups in total. The van der Waals surface area contributed by atoms with Gasteiger partial charge in [0.1, 0.15) is 5.76 Å². The summed E-state index contributed by atoms with van der Waals surface area (Å²) in [7, 11) is 1.56. The molecule has 1 unspecified atom stereocenters. The van der Waals surface area contributed by atoms with E-state index in [4.69, 9.17) is 33.0 Å². The molecule has 1 aliphatic rings. The number of amides is 1. The zero-order valence-corrected chi connectivity index (χ0v) is 19.6. The van der Waals surface area contributed by atoms with Gasteiger partial charge in [-0.25, -0.2) is 0 Å². The lowest BCUT2D eigenvalue weighted by atomic mass is 10.0. The number of aliphatic hydroxyl groups is 2. The van der Waals surface area contributed by atoms with Crippen LogP contribution in [0.25, 0.3) is 0 Å². The van der Waals surface area contributed by atoms with E-state index in [2.05, 4.69) is 5.32 Å². The van der Waals surface area contributed by atoms with Crippen LogP contribution < -0.4 is 5.32 Å². The Morgan fingerprint density at radius 1 is 1.35 bits per heavy atom. The number of methoxy groups -OCH3 is 1. The van der Waals surface area contributed by atoms with Gasteiger partial charge < -0.3 is 25.2 Å². The summed E-state index contributed by atoms with van der Waals surface area (Å²) >= 11 is 12.9. The number of carbonyl (C=O) groups is 1. The lowest BCUT2D eigenvalue weighted by Gasteiger charge is -2.27. The van der Waals surface area contributed by atoms with E-state index in [0.717, 1.165) is 5.56 Å². The van der Waals surface area contributed by atoms with Gasteiger partial charge in [0.25, 0.3) is 5.91 Å². The number of nitrogens with one attached hydrogen (secondary N) is 1. The molecular weight excluding hydrogens is 439 g/mol. The van der Waals surface area contributed by atoms with Crippen molar-refractivity contribution in [1.82, 2.24) is 10.2 Å². The van der Waals surface area contributed by atoms with Crippen molar-refractivity contribution in [2.24, 2.45) is 5.92 Å². The van der Waals surface area contributed by atoms with Crippen molar-refractivity contribution in [3.63, 3.8) is 0 Å². The van der Waals surface area contributed by atoms with Crippen molar-refractivity contribution in [1.29, 1.82) is 0 Å². The predicted molar refractivity (Wildman–Crippen MR) is 124 cm³/mol. The van der Waals surface area contributed by atoms with Gasteiger partial charge in [0.2, 0.25) is 0 Å². The van der Waals surface area contributed by atoms with E-state index >= 15 is 0 Å². The van der Waals surface area contributed by atoms with Gasteiger partial charge in [-0.15, -0.1) is 0 Å². The molecule has 0 spiro atoms. The van der Waals surface area contributed by atoms with Crippen LogP contribution in [0.1, 0.15) is 31.0 Å². The van der Waals surface area contributed by atoms with Gasteiger partial charge in [-0.1, -0.05) is 48.3 Å². The van der Waals surface area contributed by atoms with E-state index in [9.17, 15) is 9.90 Å². The van der Waals surface area contributed by atoms with E-state index in [1.54, 1.807) is 31.4 Å². The number of halogens is 2. The van der Waals surface area contributed by atoms with Crippen LogP contribution in [0.2, 0.25) is 5.02 Å². The van der Waals surface area contributed by atoms with Crippen molar-refractivity contribution in [2.45, 2.75) is 26.3 Å². The third kappa shape index (κ3) is 6.50. The molecule has 31 heavy (non-hydrogen) atoms. The van der Waals surface area contributed by atoms with Gasteiger partial charge in [-0.2, -0.15) is 0 Å². The highest BCUT2D eigenvalue weighted by Crippen LogP contribution is 2.28. The van der Waals surface area contributed by atoms with Crippen LogP contribution in [0.4, 0.5) is 0 Å². The number of likely N-dealkylation sites (N-methyl/N-ethyl adjacent to an activating group) is 1. The van der Waals surface area contributed by atoms with Gasteiger partial charge in [0.05, 0.1) is 30.5 Å². The highest BCUT2D eigenvalue weighted by molar-refractivity contribution is 6.31. The summed E-state index contributed by atoms with van der Waals surface area (Å²) < 4.78 is 5.36. The minimum atomic E-state index is -0.679. The Hall–Kier alpha value is -1.99. The number of allylic oxidation sites excluding steroid dienone is 3. The number of hydrogen-bond donors (Lipinski definition) is 3. The monoisotopic (exact) mass is 468 g/mol. The molecule has 0 aromatic heterocycles. The Kier molecular flexibility index (Phi) is 9.91. The maximum atomic E-state index is 13.2. The summed E-state index contributed by atoms with van der Waals surface area (Å²) in [6.07, 6.45) is 5.98. The standard InChI is InChI=1S/C23H30Cl2N2O4/c1-4-27-10-5-6-21(31-3)22(25)15(2)12-20(27)23(30)26-19(14-29)17-8-7-16(9-11-28)13-18(17)24/h5-8,12-13,15,19,28-29H,4,9-11,14H2,1-3H3,(H,26,30)/b6-5-,20-12-,22-21-/t15?,19-/m1/s1. The van der Waals surface area contributed by atoms with Gasteiger partial charge in [0.15, 0.2) is 0 Å². The van der Waals surface area contributed by atoms with Crippen molar-refractivity contribution >= 4 is 29.1 Å². The molecule has 2 rings (SSSR count). The summed E-state index contributed by atoms with van der Waals surface area (Å²) in [6.45, 7) is 4.67. The molecule has 8 heteroatoms. The quantitative estimate of drug-likeness (QED) is 0.543. The van der Waals surface area contributed by atoms with Gasteiger partial charge in [-0.05, 0) is 42.7 Å². The van der Waals surface area contributed by atoms with Crippen LogP contribution in [0.15, 0.2) is 52.9 Å². The van der Waals surface area contributed by atoms with Crippen LogP contribution >= 0.6 is 23.2 Å². The summed E-state index contributed by atoms with van der Waals surface area (Å²) in [5.74, 6) is -0.0174. The van der Waals surface area contributed by atoms with Gasteiger partial charge >= 0.3 is 0 Å². The zero-order chi connectivity index (χ0) is 23.0. The molecule has 2 atom stereocenters. The molecule has 0 radical (unpaired) electrons. The molecule has 0 saturated carbocycles. The second kappa shape index (κ2) is 12.2. The Labute approximate surface area is 193 Å². The number of rotatable bonds is 8. The molecule has 0 fully saturated rings. The van der Waals surface area contributed by atoms with Crippen molar-refractivity contribution in [3.05, 3.63) is 69.1 Å². The molecule has 1 aliphatic heterocycles. The lowest BCUT2D eigenvalue weighted by Crippen LogP contribution is -2.38. The van der Waals surface area contributed by atoms with Crippen molar-refractivity contribution in [2.75, 3.05) is 33.4 Å². The fourth-order valence-electron chi connectivity index (χ4n) is 3.38. The molecule has 0 bridgehead atoms. The van der Waals surface area contributed by atoms with E-state index in [1.165, 1.54) is 0 Å². The summed E-state index contributed by atoms with van der Waals surface area (Å²) in [4.78, 5) is 15.2. The predicted octanol–water partition coefficient (Wildman–Crippen LogP) is 3.53. The van der Waals surface area contributed by atoms with Crippen molar-refractivity contribution < 1.29 is 19.7 Å². The highest BCUT2D eigenvalue weighted by atomic mass is 35.5. The summed E-state index contributed by atoms with van der Waals surface area (Å²) in [6, 6.07) is 4.65. The number of ether oxygens (including phenoxy) is 1. The molecule has 170 valence electrons. The van der Waals surface area contributed by atoms with E-state index < -0.39 is 6.04 Å². The normalized spacial score (nSPS) is 23.1. The largest absolute Gasteiger partial charge is 0.496 e. The highest BCUT2D eigenvalue weighted by Gasteiger charge is 2.24. The minimum absolute atomic E-state index is 0.0191. The van der Waals surface area contributed by atoms with E-state index in [-0.39, 0.29) is 25.0 Å². The van der Waals surface area contributed by atoms with Crippen LogP contribution in [0, 0.1) is 5.92 Å². The number of benzene rings is 1. The van der Waals surface area contributed by atoms with Gasteiger partial charge in [-0.3, -0.25) is 4.79 Å². The van der Waals surface area contributed by atoms with Crippen LogP contribution in [0.3, 0.4) is 0 Å². The number of aliphatic hydroxyl groups excluding tert-OH is 2. The smallest absolute Gasteiger partial charge is 0.267 e. The SMILES string of the molecule is CCN1C/C=C\C(OC)=C(\Cl)C(C)/C=C\1C(=O)N[C@H](CO)c1ccc(CCO)cc1Cl. The fourth-order valence-corrected chi connectivity index (χ4v) is 3.92. The molecule has 1 heterocycles. The Morgan fingerprint density at radius 2 is 2.10 bits per heavy atom. The zero-order valence-electron chi connectivity index (χ0n) is 18.1. The summed E-state index contributed by atoms with van der Waals surface area (Å²) in [5, 5.41) is 22.9. The molecule has 1 amide bonds. The number of nitrogens with zero attached hydrogens (tertiary/aromatic N) is 1. The van der Waals surface area contributed by atoms with Gasteiger partial charge in [0, 0.05) is 30.6 Å². The summed E-state index contributed by atoms with van der Waals surface area (Å²) in [5.41, 5.74) is 1.95. The Balaban J connectivity index is 2.33. The second-order valence-corrected chi connectivity index (χ2v) is 8.05. The minimum Gasteiger partial charge on any atom is -0.496 e. The molecular formula is C23H30Cl2N2O4. The van der Waals surface area contributed by atoms with Crippen LogP contribution in [-0.2, 0) is 16.0 Å². The first-order chi connectivity index (χ1) is 14.9. The van der Waals surface area contributed by atoms with Crippen LogP contribution in [-0.4, -0.2) is 54.4 Å². The molecule has 0 saturated heterocycles. The molecule has 1 aromatic carbocycles. The maximum absolute atomic E-state index is 13.2. The van der Waals surface area contributed by atoms with Crippen molar-refractivity contribution in [3.8, 4) is 0 Å². The fraction of sp³-hybridized carbons (Fsp3) is 0.435. The maximum Gasteiger partial charge on any atom is 0.267 e. The lowest BCUT2D eigenvalue weighted by molar-refractivity contribution is -0.120. The first-order valence-electron chi connectivity index (χ1n) is 10.2. The topological polar surface area (TPSA) is 82.0 Å². The third-order valence-corrected chi connectivity index (χ3v) is 6.00. The first-order valence-corrected chi connectivity index (χ1v) is 11.0. The molecule has 1 aromatic rings. The number of carbonyl (C=O) groups excluding carboxylic acids is 1. The molecule has 6 nitrogen and oxygen atoms in total. The number of hydrogen-bond acceptors (Lipinski definition) is 5. The second-order valence-electron chi connectivity index (χ2n) is 7.24. The Morgan fingerprint density at radius 3 is 2.68 bits per heavy atom. The molecule has 0 aliphatic carbocycles. The third-order valence-electron chi connectivity index (χ3n) is 5.14. The average molecular weight is 469 g/mol. The average Bonchev–Trinajstić information content (AvgIpc) is 2.81.